The van der Waals surface area contributed by atoms with E-state index in [-0.39, 0.29) is 0 Å². The molecule has 35 heavy (non-hydrogen) atoms. The van der Waals surface area contributed by atoms with E-state index in [9.17, 15) is 44.6 Å². The van der Waals surface area contributed by atoms with E-state index < -0.39 is 93.8 Å². The van der Waals surface area contributed by atoms with Crippen molar-refractivity contribution in [2.45, 2.75) is 64.5 Å². The zero-order chi connectivity index (χ0) is 27.7. The van der Waals surface area contributed by atoms with E-state index >= 15 is 0 Å². The minimum Gasteiger partial charge on any atom is -0.578 e. The van der Waals surface area contributed by atoms with Gasteiger partial charge in [-0.15, -0.1) is 6.58 Å². The molecule has 0 unspecified atom stereocenters. The quantitative estimate of drug-likeness (QED) is 0.138. The molecule has 11 nitrogen and oxygen atoms in total. The van der Waals surface area contributed by atoms with Crippen molar-refractivity contribution in [1.82, 2.24) is 0 Å². The predicted molar refractivity (Wildman–Crippen MR) is 140 cm³/mol. The van der Waals surface area contributed by atoms with Crippen molar-refractivity contribution in [2.75, 3.05) is 0 Å². The number of hydrogen-bond donors (Lipinski definition) is 0. The van der Waals surface area contributed by atoms with Gasteiger partial charge in [0.2, 0.25) is 8.32 Å². The molecule has 0 fully saturated rings. The van der Waals surface area contributed by atoms with E-state index in [4.69, 9.17) is 4.12 Å². The van der Waals surface area contributed by atoms with Crippen molar-refractivity contribution in [3.63, 3.8) is 0 Å². The molecule has 0 aliphatic carbocycles. The molecule has 0 N–H and O–H groups in total. The van der Waals surface area contributed by atoms with E-state index in [0.29, 0.717) is 18.5 Å². The fraction of sp³-hybridized carbons (Fsp3) is 0.833. The lowest BCUT2D eigenvalue weighted by molar-refractivity contribution is 0.458. The fourth-order valence-corrected chi connectivity index (χ4v) is 122. The van der Waals surface area contributed by atoms with Crippen LogP contribution >= 0.6 is 0 Å². The number of hydrogen-bond acceptors (Lipinski definition) is 11. The van der Waals surface area contributed by atoms with Crippen molar-refractivity contribution >= 4 is 93.8 Å². The first kappa shape index (κ1) is 35.1. The summed E-state index contributed by atoms with van der Waals surface area (Å²) in [5, 5.41) is 0. The Kier molecular flexibility index (Phi) is 15.6. The van der Waals surface area contributed by atoms with E-state index in [1.807, 2.05) is 6.92 Å². The van der Waals surface area contributed by atoms with Gasteiger partial charge >= 0.3 is 77.9 Å². The van der Waals surface area contributed by atoms with Gasteiger partial charge in [-0.3, -0.25) is 0 Å². The van der Waals surface area contributed by atoms with Crippen LogP contribution in [-0.4, -0.2) is 93.8 Å². The Morgan fingerprint density at radius 3 is 1.46 bits per heavy atom. The fourth-order valence-electron chi connectivity index (χ4n) is 2.65. The molecule has 0 amide bonds. The third-order valence-corrected chi connectivity index (χ3v) is 90.9. The molecular weight excluding hydrogens is 657 g/mol. The van der Waals surface area contributed by atoms with Gasteiger partial charge in [-0.1, -0.05) is 45.0 Å². The Morgan fingerprint density at radius 2 is 1.06 bits per heavy atom. The molecule has 0 rings (SSSR count). The minimum absolute atomic E-state index is 0.499. The Bertz CT molecular complexity index is 1030. The third kappa shape index (κ3) is 10.8. The third-order valence-electron chi connectivity index (χ3n) is 4.92. The van der Waals surface area contributed by atoms with E-state index in [1.165, 1.54) is 0 Å². The SMILES string of the molecule is C=CCC[Si](C)(C)O[Si](=O)[Si](=O)[Si](=O)[Si](=O)[Si](=O)[Si](=O)[Si](=O)[Si](=O)[Si](=O)[Si](=O)[Si](C)(C)CCCC. The lowest BCUT2D eigenvalue weighted by Crippen LogP contribution is -2.56. The second kappa shape index (κ2) is 15.5. The van der Waals surface area contributed by atoms with Crippen molar-refractivity contribution in [1.29, 1.82) is 0 Å². The molecular formula is C12H28O11Si12. The number of unbranched alkanes of at least 4 members (excludes halogenated alkanes) is 1. The van der Waals surface area contributed by atoms with E-state index in [0.717, 1.165) is 12.8 Å². The van der Waals surface area contributed by atoms with Crippen LogP contribution in [0.4, 0.5) is 0 Å². The Hall–Kier alpha value is 0.143. The summed E-state index contributed by atoms with van der Waals surface area (Å²) in [7, 11) is -40.8. The number of allylic oxidation sites excluding steroid dienone is 1. The minimum atomic E-state index is -3.85. The van der Waals surface area contributed by atoms with Crippen LogP contribution in [0.25, 0.3) is 0 Å². The summed E-state index contributed by atoms with van der Waals surface area (Å²) in [6, 6.07) is 1.07. The summed E-state index contributed by atoms with van der Waals surface area (Å²) in [6.07, 6.45) is 3.73. The van der Waals surface area contributed by atoms with Crippen LogP contribution in [0.5, 0.6) is 0 Å². The normalized spacial score (nSPS) is 11.1. The summed E-state index contributed by atoms with van der Waals surface area (Å²) in [6.45, 7) is 12.3. The first-order chi connectivity index (χ1) is 15.9. The van der Waals surface area contributed by atoms with Gasteiger partial charge in [-0.2, -0.15) is 0 Å². The maximum Gasteiger partial charge on any atom is 0.532 e. The highest BCUT2D eigenvalue weighted by Crippen LogP contribution is 2.14. The van der Waals surface area contributed by atoms with E-state index in [2.05, 4.69) is 6.58 Å². The van der Waals surface area contributed by atoms with E-state index in [1.54, 1.807) is 32.3 Å². The molecule has 23 heteroatoms. The van der Waals surface area contributed by atoms with Crippen LogP contribution in [0.1, 0.15) is 26.2 Å². The van der Waals surface area contributed by atoms with Crippen molar-refractivity contribution in [2.24, 2.45) is 0 Å². The highest BCUT2D eigenvalue weighted by atomic mass is 30.1. The summed E-state index contributed by atoms with van der Waals surface area (Å²) in [5.74, 6) is 0. The van der Waals surface area contributed by atoms with Crippen LogP contribution < -0.4 is 0 Å². The Morgan fingerprint density at radius 1 is 0.657 bits per heavy atom. The lowest BCUT2D eigenvalue weighted by atomic mass is 10.4. The van der Waals surface area contributed by atoms with Gasteiger partial charge in [0, 0.05) is 0 Å². The zero-order valence-corrected chi connectivity index (χ0v) is 32.3. The molecule has 0 saturated heterocycles. The lowest BCUT2D eigenvalue weighted by Gasteiger charge is -2.21. The maximum atomic E-state index is 12.7. The highest BCUT2D eigenvalue weighted by molar-refractivity contribution is 7.78. The molecule has 0 saturated carbocycles. The molecule has 0 heterocycles. The molecule has 0 aliphatic heterocycles. The molecule has 0 aromatic heterocycles. The van der Waals surface area contributed by atoms with Crippen LogP contribution in [0.3, 0.4) is 0 Å². The summed E-state index contributed by atoms with van der Waals surface area (Å²) < 4.78 is 130. The highest BCUT2D eigenvalue weighted by Gasteiger charge is 2.53. The average molecular weight is 685 g/mol. The van der Waals surface area contributed by atoms with Crippen molar-refractivity contribution < 1.29 is 48.7 Å². The van der Waals surface area contributed by atoms with Gasteiger partial charge in [0.25, 0.3) is 0 Å². The summed E-state index contributed by atoms with van der Waals surface area (Å²) >= 11 is 0. The second-order valence-corrected chi connectivity index (χ2v) is 67.8. The van der Waals surface area contributed by atoms with Gasteiger partial charge < -0.3 is 48.7 Å². The first-order valence-electron chi connectivity index (χ1n) is 10.7. The molecule has 0 aromatic rings. The van der Waals surface area contributed by atoms with Crippen LogP contribution in [0, 0.1) is 0 Å². The first-order valence-corrected chi connectivity index (χ1v) is 41.0. The molecule has 0 aromatic carbocycles. The van der Waals surface area contributed by atoms with Crippen molar-refractivity contribution in [3.05, 3.63) is 12.7 Å². The van der Waals surface area contributed by atoms with Crippen LogP contribution in [-0.2, 0) is 48.7 Å². The molecule has 190 valence electrons. The molecule has 0 radical (unpaired) electrons. The monoisotopic (exact) mass is 684 g/mol. The molecule has 0 atom stereocenters. The largest absolute Gasteiger partial charge is 0.578 e. The smallest absolute Gasteiger partial charge is 0.532 e. The summed E-state index contributed by atoms with van der Waals surface area (Å²) in [5.41, 5.74) is 0. The van der Waals surface area contributed by atoms with Gasteiger partial charge in [-0.05, 0) is 25.6 Å². The van der Waals surface area contributed by atoms with Gasteiger partial charge in [0.1, 0.15) is 7.59 Å². The predicted octanol–water partition coefficient (Wildman–Crippen LogP) is -0.207. The average Bonchev–Trinajstić information content (AvgIpc) is 2.81. The standard InChI is InChI=1S/C12H28O11Si12/c1-7-9-11-34(3,4)23-24(13)25(14)26(15)27(16)28(17)29(18)30(19)31(20)32(21)33(22)35(5,6)12-10-8-2/h7H,1,8-12H2,2-6H3. The van der Waals surface area contributed by atoms with Gasteiger partial charge in [0.15, 0.2) is 0 Å². The zero-order valence-electron chi connectivity index (χ0n) is 20.3. The molecule has 0 aliphatic rings. The Labute approximate surface area is 218 Å². The molecule has 0 bridgehead atoms. The Balaban J connectivity index is 5.40. The van der Waals surface area contributed by atoms with Crippen LogP contribution in [0.15, 0.2) is 12.7 Å². The van der Waals surface area contributed by atoms with Gasteiger partial charge in [-0.25, -0.2) is 0 Å². The van der Waals surface area contributed by atoms with Gasteiger partial charge in [0.05, 0.1) is 0 Å². The van der Waals surface area contributed by atoms with Crippen molar-refractivity contribution in [3.8, 4) is 0 Å². The van der Waals surface area contributed by atoms with Crippen LogP contribution in [0.2, 0.25) is 38.3 Å². The summed E-state index contributed by atoms with van der Waals surface area (Å²) in [4.78, 5) is 0. The topological polar surface area (TPSA) is 180 Å². The molecule has 0 spiro atoms. The second-order valence-electron chi connectivity index (χ2n) is 8.93. The maximum absolute atomic E-state index is 12.7. The number of rotatable bonds is 18.